The van der Waals surface area contributed by atoms with Gasteiger partial charge in [0.15, 0.2) is 0 Å². The normalized spacial score (nSPS) is 15.8. The van der Waals surface area contributed by atoms with E-state index in [0.29, 0.717) is 18.6 Å². The van der Waals surface area contributed by atoms with Crippen molar-refractivity contribution in [2.45, 2.75) is 19.8 Å². The first-order chi connectivity index (χ1) is 11.7. The fraction of sp³-hybridized carbons (Fsp3) is 0.263. The standard InChI is InChI=1S/C19H20N2O3/c1-2-13-7-9-14(10-8-13)18(22)20-21-19(23)16-11-15-5-3-4-6-17(15)24-12-16/h3-10,16H,2,11-12H2,1H3,(H,20,22)(H,21,23). The van der Waals surface area contributed by atoms with Gasteiger partial charge in [-0.1, -0.05) is 37.3 Å². The van der Waals surface area contributed by atoms with Crippen molar-refractivity contribution in [2.75, 3.05) is 6.61 Å². The van der Waals surface area contributed by atoms with Crippen LogP contribution in [0.25, 0.3) is 0 Å². The van der Waals surface area contributed by atoms with Gasteiger partial charge in [-0.3, -0.25) is 20.4 Å². The Morgan fingerprint density at radius 2 is 1.83 bits per heavy atom. The molecule has 1 heterocycles. The van der Waals surface area contributed by atoms with Crippen molar-refractivity contribution in [2.24, 2.45) is 5.92 Å². The minimum absolute atomic E-state index is 0.247. The molecule has 24 heavy (non-hydrogen) atoms. The number of hydrogen-bond acceptors (Lipinski definition) is 3. The monoisotopic (exact) mass is 324 g/mol. The first kappa shape index (κ1) is 16.1. The van der Waals surface area contributed by atoms with Crippen molar-refractivity contribution in [3.63, 3.8) is 0 Å². The number of fused-ring (bicyclic) bond motifs is 1. The van der Waals surface area contributed by atoms with E-state index in [1.165, 1.54) is 0 Å². The second-order valence-electron chi connectivity index (χ2n) is 5.81. The maximum Gasteiger partial charge on any atom is 0.269 e. The molecule has 0 aromatic heterocycles. The van der Waals surface area contributed by atoms with Crippen LogP contribution in [0.5, 0.6) is 5.75 Å². The maximum atomic E-state index is 12.2. The third-order valence-corrected chi connectivity index (χ3v) is 4.17. The number of amides is 2. The first-order valence-corrected chi connectivity index (χ1v) is 8.07. The Bertz CT molecular complexity index is 741. The molecule has 5 heteroatoms. The number of benzene rings is 2. The van der Waals surface area contributed by atoms with Crippen LogP contribution in [0.1, 0.15) is 28.4 Å². The van der Waals surface area contributed by atoms with Gasteiger partial charge in [0.05, 0.1) is 5.92 Å². The highest BCUT2D eigenvalue weighted by atomic mass is 16.5. The Kier molecular flexibility index (Phi) is 4.79. The van der Waals surface area contributed by atoms with Gasteiger partial charge in [-0.05, 0) is 42.2 Å². The third-order valence-electron chi connectivity index (χ3n) is 4.17. The van der Waals surface area contributed by atoms with E-state index < -0.39 is 0 Å². The number of carbonyl (C=O) groups excluding carboxylic acids is 2. The van der Waals surface area contributed by atoms with Gasteiger partial charge in [-0.2, -0.15) is 0 Å². The fourth-order valence-electron chi connectivity index (χ4n) is 2.68. The molecule has 1 aliphatic heterocycles. The maximum absolute atomic E-state index is 12.2. The summed E-state index contributed by atoms with van der Waals surface area (Å²) in [6.45, 7) is 2.36. The van der Waals surface area contributed by atoms with Gasteiger partial charge < -0.3 is 4.74 Å². The lowest BCUT2D eigenvalue weighted by Gasteiger charge is -2.24. The smallest absolute Gasteiger partial charge is 0.269 e. The van der Waals surface area contributed by atoms with Crippen LogP contribution in [0.4, 0.5) is 0 Å². The van der Waals surface area contributed by atoms with E-state index in [2.05, 4.69) is 17.8 Å². The summed E-state index contributed by atoms with van der Waals surface area (Å²) >= 11 is 0. The number of carbonyl (C=O) groups is 2. The zero-order valence-corrected chi connectivity index (χ0v) is 13.5. The van der Waals surface area contributed by atoms with Gasteiger partial charge in [-0.25, -0.2) is 0 Å². The molecule has 2 amide bonds. The predicted octanol–water partition coefficient (Wildman–Crippen LogP) is 2.26. The highest BCUT2D eigenvalue weighted by Gasteiger charge is 2.26. The van der Waals surface area contributed by atoms with Crippen molar-refractivity contribution in [3.05, 3.63) is 65.2 Å². The second-order valence-corrected chi connectivity index (χ2v) is 5.81. The van der Waals surface area contributed by atoms with E-state index in [-0.39, 0.29) is 17.7 Å². The molecule has 0 saturated heterocycles. The molecule has 124 valence electrons. The van der Waals surface area contributed by atoms with Crippen LogP contribution in [-0.2, 0) is 17.6 Å². The van der Waals surface area contributed by atoms with E-state index >= 15 is 0 Å². The highest BCUT2D eigenvalue weighted by Crippen LogP contribution is 2.26. The SMILES string of the molecule is CCc1ccc(C(=O)NNC(=O)C2COc3ccccc3C2)cc1. The molecule has 1 atom stereocenters. The third kappa shape index (κ3) is 3.56. The van der Waals surface area contributed by atoms with Gasteiger partial charge in [0.25, 0.3) is 5.91 Å². The van der Waals surface area contributed by atoms with Crippen LogP contribution < -0.4 is 15.6 Å². The summed E-state index contributed by atoms with van der Waals surface area (Å²) in [6, 6.07) is 15.0. The summed E-state index contributed by atoms with van der Waals surface area (Å²) < 4.78 is 5.60. The van der Waals surface area contributed by atoms with Gasteiger partial charge in [0.2, 0.25) is 5.91 Å². The van der Waals surface area contributed by atoms with Crippen LogP contribution in [-0.4, -0.2) is 18.4 Å². The van der Waals surface area contributed by atoms with Crippen LogP contribution >= 0.6 is 0 Å². The summed E-state index contributed by atoms with van der Waals surface area (Å²) in [6.07, 6.45) is 1.52. The molecule has 1 unspecified atom stereocenters. The van der Waals surface area contributed by atoms with Gasteiger partial charge in [0, 0.05) is 5.56 Å². The lowest BCUT2D eigenvalue weighted by molar-refractivity contribution is -0.127. The molecule has 0 spiro atoms. The molecule has 0 aliphatic carbocycles. The molecule has 2 aromatic carbocycles. The highest BCUT2D eigenvalue weighted by molar-refractivity contribution is 5.95. The molecule has 0 bridgehead atoms. The zero-order chi connectivity index (χ0) is 16.9. The van der Waals surface area contributed by atoms with Crippen molar-refractivity contribution in [3.8, 4) is 5.75 Å². The minimum atomic E-state index is -0.330. The number of nitrogens with one attached hydrogen (secondary N) is 2. The van der Waals surface area contributed by atoms with Crippen LogP contribution in [0.2, 0.25) is 0 Å². The quantitative estimate of drug-likeness (QED) is 0.851. The van der Waals surface area contributed by atoms with Crippen molar-refractivity contribution >= 4 is 11.8 Å². The summed E-state index contributed by atoms with van der Waals surface area (Å²) in [4.78, 5) is 24.3. The topological polar surface area (TPSA) is 67.4 Å². The molecule has 5 nitrogen and oxygen atoms in total. The lowest BCUT2D eigenvalue weighted by Crippen LogP contribution is -2.47. The van der Waals surface area contributed by atoms with E-state index in [1.807, 2.05) is 36.4 Å². The Morgan fingerprint density at radius 1 is 1.08 bits per heavy atom. The lowest BCUT2D eigenvalue weighted by atomic mass is 9.96. The summed E-state index contributed by atoms with van der Waals surface area (Å²) in [7, 11) is 0. The van der Waals surface area contributed by atoms with Crippen LogP contribution in [0, 0.1) is 5.92 Å². The number of hydrazine groups is 1. The number of aryl methyl sites for hydroxylation is 1. The first-order valence-electron chi connectivity index (χ1n) is 8.07. The Morgan fingerprint density at radius 3 is 2.58 bits per heavy atom. The van der Waals surface area contributed by atoms with Gasteiger partial charge in [0.1, 0.15) is 12.4 Å². The number of rotatable bonds is 3. The largest absolute Gasteiger partial charge is 0.492 e. The second kappa shape index (κ2) is 7.17. The van der Waals surface area contributed by atoms with Gasteiger partial charge >= 0.3 is 0 Å². The average molecular weight is 324 g/mol. The molecule has 0 fully saturated rings. The molecule has 2 N–H and O–H groups in total. The van der Waals surface area contributed by atoms with Crippen molar-refractivity contribution in [1.29, 1.82) is 0 Å². The summed E-state index contributed by atoms with van der Waals surface area (Å²) in [5.74, 6) is -0.0737. The van der Waals surface area contributed by atoms with Gasteiger partial charge in [-0.15, -0.1) is 0 Å². The Labute approximate surface area is 141 Å². The van der Waals surface area contributed by atoms with E-state index in [4.69, 9.17) is 4.74 Å². The fourth-order valence-corrected chi connectivity index (χ4v) is 2.68. The Balaban J connectivity index is 1.55. The minimum Gasteiger partial charge on any atom is -0.492 e. The van der Waals surface area contributed by atoms with E-state index in [9.17, 15) is 9.59 Å². The van der Waals surface area contributed by atoms with E-state index in [0.717, 1.165) is 23.3 Å². The molecule has 3 rings (SSSR count). The zero-order valence-electron chi connectivity index (χ0n) is 13.5. The molecule has 0 saturated carbocycles. The molecular weight excluding hydrogens is 304 g/mol. The van der Waals surface area contributed by atoms with Crippen LogP contribution in [0.3, 0.4) is 0 Å². The number of ether oxygens (including phenoxy) is 1. The van der Waals surface area contributed by atoms with Crippen molar-refractivity contribution in [1.82, 2.24) is 10.9 Å². The van der Waals surface area contributed by atoms with E-state index in [1.54, 1.807) is 12.1 Å². The molecule has 1 aliphatic rings. The number of hydrogen-bond donors (Lipinski definition) is 2. The Hall–Kier alpha value is -2.82. The molecule has 0 radical (unpaired) electrons. The van der Waals surface area contributed by atoms with Crippen molar-refractivity contribution < 1.29 is 14.3 Å². The number of para-hydroxylation sites is 1. The summed E-state index contributed by atoms with van der Waals surface area (Å²) in [5.41, 5.74) is 7.63. The summed E-state index contributed by atoms with van der Waals surface area (Å²) in [5, 5.41) is 0. The predicted molar refractivity (Wildman–Crippen MR) is 90.6 cm³/mol. The molecule has 2 aromatic rings. The molecular formula is C19H20N2O3. The average Bonchev–Trinajstić information content (AvgIpc) is 2.65. The van der Waals surface area contributed by atoms with Crippen LogP contribution in [0.15, 0.2) is 48.5 Å².